The number of carbonyl (C=O) groups is 1. The monoisotopic (exact) mass is 345 g/mol. The number of hydrogen-bond donors (Lipinski definition) is 0. The summed E-state index contributed by atoms with van der Waals surface area (Å²) in [6, 6.07) is 18.8. The Kier molecular flexibility index (Phi) is 3.89. The van der Waals surface area contributed by atoms with Crippen molar-refractivity contribution in [3.05, 3.63) is 76.9 Å². The van der Waals surface area contributed by atoms with Crippen molar-refractivity contribution in [1.82, 2.24) is 0 Å². The highest BCUT2D eigenvalue weighted by atomic mass is 32.2. The molecule has 124 valence electrons. The van der Waals surface area contributed by atoms with Crippen LogP contribution in [-0.4, -0.2) is 6.29 Å². The molecular weight excluding hydrogens is 326 g/mol. The molecule has 3 heteroatoms. The number of para-hydroxylation sites is 1. The van der Waals surface area contributed by atoms with Crippen molar-refractivity contribution in [2.24, 2.45) is 0 Å². The van der Waals surface area contributed by atoms with Gasteiger partial charge in [-0.05, 0) is 62.2 Å². The van der Waals surface area contributed by atoms with E-state index >= 15 is 0 Å². The van der Waals surface area contributed by atoms with E-state index in [0.717, 1.165) is 16.9 Å². The lowest BCUT2D eigenvalue weighted by molar-refractivity contribution is 0.112. The first kappa shape index (κ1) is 16.0. The number of fused-ring (bicyclic) bond motifs is 2. The maximum atomic E-state index is 11.2. The average molecular weight is 345 g/mol. The Balaban J connectivity index is 2.01. The number of nitrogens with zero attached hydrogens (tertiary/aromatic N) is 1. The molecule has 3 aromatic carbocycles. The molecule has 0 radical (unpaired) electrons. The van der Waals surface area contributed by atoms with Crippen molar-refractivity contribution in [2.75, 3.05) is 4.90 Å². The Morgan fingerprint density at radius 1 is 0.840 bits per heavy atom. The van der Waals surface area contributed by atoms with E-state index < -0.39 is 0 Å². The van der Waals surface area contributed by atoms with Crippen molar-refractivity contribution in [3.8, 4) is 0 Å². The van der Waals surface area contributed by atoms with Gasteiger partial charge in [-0.1, -0.05) is 41.6 Å². The van der Waals surface area contributed by atoms with Crippen molar-refractivity contribution < 1.29 is 4.79 Å². The molecule has 1 heterocycles. The second kappa shape index (κ2) is 6.08. The quantitative estimate of drug-likeness (QED) is 0.394. The van der Waals surface area contributed by atoms with Crippen LogP contribution in [0.5, 0.6) is 0 Å². The molecule has 0 atom stereocenters. The minimum atomic E-state index is 0.711. The van der Waals surface area contributed by atoms with E-state index in [2.05, 4.69) is 68.1 Å². The molecule has 0 fully saturated rings. The second-order valence-electron chi connectivity index (χ2n) is 6.50. The fourth-order valence-electron chi connectivity index (χ4n) is 3.61. The van der Waals surface area contributed by atoms with E-state index in [-0.39, 0.29) is 0 Å². The van der Waals surface area contributed by atoms with Gasteiger partial charge in [0.15, 0.2) is 0 Å². The van der Waals surface area contributed by atoms with Crippen LogP contribution < -0.4 is 4.90 Å². The molecule has 0 unspecified atom stereocenters. The fourth-order valence-corrected chi connectivity index (χ4v) is 4.72. The minimum absolute atomic E-state index is 0.711. The molecule has 1 aliphatic heterocycles. The predicted octanol–water partition coefficient (Wildman–Crippen LogP) is 6.36. The third kappa shape index (κ3) is 2.65. The first-order valence-electron chi connectivity index (χ1n) is 8.32. The van der Waals surface area contributed by atoms with Gasteiger partial charge in [0.05, 0.1) is 17.1 Å². The van der Waals surface area contributed by atoms with Crippen LogP contribution in [-0.2, 0) is 0 Å². The zero-order valence-corrected chi connectivity index (χ0v) is 15.4. The number of rotatable bonds is 2. The Labute approximate surface area is 152 Å². The zero-order valence-electron chi connectivity index (χ0n) is 14.5. The van der Waals surface area contributed by atoms with E-state index in [9.17, 15) is 4.79 Å². The molecule has 0 bridgehead atoms. The number of hydrogen-bond acceptors (Lipinski definition) is 3. The normalized spacial score (nSPS) is 12.5. The molecule has 2 nitrogen and oxygen atoms in total. The highest BCUT2D eigenvalue weighted by molar-refractivity contribution is 7.99. The van der Waals surface area contributed by atoms with E-state index in [4.69, 9.17) is 0 Å². The number of benzene rings is 3. The van der Waals surface area contributed by atoms with Crippen LogP contribution in [0.4, 0.5) is 17.1 Å². The number of carbonyl (C=O) groups excluding carboxylic acids is 1. The molecule has 0 spiro atoms. The molecule has 0 saturated carbocycles. The molecule has 25 heavy (non-hydrogen) atoms. The smallest absolute Gasteiger partial charge is 0.150 e. The van der Waals surface area contributed by atoms with Gasteiger partial charge in [-0.25, -0.2) is 0 Å². The lowest BCUT2D eigenvalue weighted by atomic mass is 10.0. The fraction of sp³-hybridized carbons (Fsp3) is 0.136. The maximum Gasteiger partial charge on any atom is 0.150 e. The molecular formula is C22H19NOS. The Bertz CT molecular complexity index is 970. The summed E-state index contributed by atoms with van der Waals surface area (Å²) >= 11 is 1.72. The maximum absolute atomic E-state index is 11.2. The van der Waals surface area contributed by atoms with Gasteiger partial charge in [0.25, 0.3) is 0 Å². The summed E-state index contributed by atoms with van der Waals surface area (Å²) < 4.78 is 0. The largest absolute Gasteiger partial charge is 0.308 e. The molecule has 0 saturated heterocycles. The molecule has 0 N–H and O–H groups in total. The lowest BCUT2D eigenvalue weighted by Crippen LogP contribution is -2.17. The predicted molar refractivity (Wildman–Crippen MR) is 105 cm³/mol. The average Bonchev–Trinajstić information content (AvgIpc) is 2.59. The highest BCUT2D eigenvalue weighted by Gasteiger charge is 2.26. The summed E-state index contributed by atoms with van der Waals surface area (Å²) in [5, 5.41) is 0. The third-order valence-corrected chi connectivity index (χ3v) is 5.66. The van der Waals surface area contributed by atoms with Gasteiger partial charge in [0.2, 0.25) is 0 Å². The van der Waals surface area contributed by atoms with E-state index in [1.54, 1.807) is 11.8 Å². The van der Waals surface area contributed by atoms with E-state index in [1.165, 1.54) is 33.0 Å². The van der Waals surface area contributed by atoms with Gasteiger partial charge in [-0.15, -0.1) is 0 Å². The summed E-state index contributed by atoms with van der Waals surface area (Å²) in [6.07, 6.45) is 0.911. The Morgan fingerprint density at radius 3 is 2.24 bits per heavy atom. The second-order valence-corrected chi connectivity index (χ2v) is 7.58. The van der Waals surface area contributed by atoms with Crippen LogP contribution in [0.1, 0.15) is 27.0 Å². The highest BCUT2D eigenvalue weighted by Crippen LogP contribution is 2.52. The van der Waals surface area contributed by atoms with Gasteiger partial charge >= 0.3 is 0 Å². The molecule has 4 rings (SSSR count). The van der Waals surface area contributed by atoms with Crippen LogP contribution in [0.3, 0.4) is 0 Å². The van der Waals surface area contributed by atoms with Crippen LogP contribution >= 0.6 is 11.8 Å². The zero-order chi connectivity index (χ0) is 17.6. The first-order valence-corrected chi connectivity index (χ1v) is 9.14. The number of aryl methyl sites for hydroxylation is 3. The van der Waals surface area contributed by atoms with Crippen LogP contribution in [0, 0.1) is 20.8 Å². The first-order chi connectivity index (χ1) is 12.1. The topological polar surface area (TPSA) is 20.3 Å². The van der Waals surface area contributed by atoms with Crippen LogP contribution in [0.15, 0.2) is 64.4 Å². The Hall–Kier alpha value is -2.52. The lowest BCUT2D eigenvalue weighted by Gasteiger charge is -2.35. The summed E-state index contributed by atoms with van der Waals surface area (Å²) in [6.45, 7) is 6.46. The van der Waals surface area contributed by atoms with Crippen molar-refractivity contribution >= 4 is 35.1 Å². The van der Waals surface area contributed by atoms with Crippen molar-refractivity contribution in [2.45, 2.75) is 30.6 Å². The van der Waals surface area contributed by atoms with Crippen molar-refractivity contribution in [1.29, 1.82) is 0 Å². The van der Waals surface area contributed by atoms with Crippen LogP contribution in [0.25, 0.3) is 0 Å². The minimum Gasteiger partial charge on any atom is -0.308 e. The standard InChI is InChI=1S/C22H19NOS/c1-14-10-15(2)22(16(3)11-14)23-18-6-4-5-7-20(18)25-21-12-17(13-24)8-9-19(21)23/h4-13H,1-3H3. The van der Waals surface area contributed by atoms with Crippen molar-refractivity contribution in [3.63, 3.8) is 0 Å². The van der Waals surface area contributed by atoms with Gasteiger partial charge < -0.3 is 4.90 Å². The molecule has 0 aromatic heterocycles. The van der Waals surface area contributed by atoms with E-state index in [1.807, 2.05) is 12.1 Å². The Morgan fingerprint density at radius 2 is 1.52 bits per heavy atom. The third-order valence-electron chi connectivity index (χ3n) is 4.55. The summed E-state index contributed by atoms with van der Waals surface area (Å²) in [5.41, 5.74) is 8.03. The molecule has 1 aliphatic rings. The summed E-state index contributed by atoms with van der Waals surface area (Å²) in [5.74, 6) is 0. The molecule has 3 aromatic rings. The van der Waals surface area contributed by atoms with Gasteiger partial charge in [0, 0.05) is 15.4 Å². The summed E-state index contributed by atoms with van der Waals surface area (Å²) in [4.78, 5) is 15.9. The van der Waals surface area contributed by atoms with Crippen LogP contribution in [0.2, 0.25) is 0 Å². The molecule has 0 aliphatic carbocycles. The SMILES string of the molecule is Cc1cc(C)c(N2c3ccccc3Sc3cc(C=O)ccc32)c(C)c1. The number of aldehydes is 1. The van der Waals surface area contributed by atoms with Gasteiger partial charge in [0.1, 0.15) is 6.29 Å². The summed E-state index contributed by atoms with van der Waals surface area (Å²) in [7, 11) is 0. The van der Waals surface area contributed by atoms with Gasteiger partial charge in [-0.2, -0.15) is 0 Å². The number of anilines is 3. The molecule has 0 amide bonds. The van der Waals surface area contributed by atoms with E-state index in [0.29, 0.717) is 5.56 Å². The van der Waals surface area contributed by atoms with Gasteiger partial charge in [-0.3, -0.25) is 4.79 Å².